The molecule has 1 aliphatic heterocycles. The number of aromatic nitrogens is 2. The number of carbonyl (C=O) groups excluding carboxylic acids is 2. The molecule has 3 aliphatic rings. The van der Waals surface area contributed by atoms with Gasteiger partial charge in [0.05, 0.1) is 40.4 Å². The van der Waals surface area contributed by atoms with Gasteiger partial charge in [0.2, 0.25) is 0 Å². The summed E-state index contributed by atoms with van der Waals surface area (Å²) in [6.45, 7) is 5.64. The van der Waals surface area contributed by atoms with E-state index >= 15 is 0 Å². The minimum Gasteiger partial charge on any atom is -0.444 e. The molecule has 252 valence electrons. The molecule has 2 saturated carbocycles. The number of hydrogen-bond donors (Lipinski definition) is 1. The minimum absolute atomic E-state index is 0.00212. The smallest absolute Gasteiger partial charge is 0.410 e. The summed E-state index contributed by atoms with van der Waals surface area (Å²) in [5.74, 6) is -0.243. The molecule has 0 bridgehead atoms. The Balaban J connectivity index is 1.37. The van der Waals surface area contributed by atoms with Crippen LogP contribution in [0.1, 0.15) is 82.2 Å². The van der Waals surface area contributed by atoms with Gasteiger partial charge in [0, 0.05) is 25.2 Å². The summed E-state index contributed by atoms with van der Waals surface area (Å²) < 4.78 is 34.9. The Bertz CT molecular complexity index is 1680. The van der Waals surface area contributed by atoms with Crippen molar-refractivity contribution in [2.75, 3.05) is 25.4 Å². The number of amides is 2. The zero-order valence-corrected chi connectivity index (χ0v) is 28.4. The van der Waals surface area contributed by atoms with Crippen molar-refractivity contribution in [1.29, 1.82) is 0 Å². The number of imidazole rings is 1. The van der Waals surface area contributed by atoms with Gasteiger partial charge in [-0.05, 0) is 58.1 Å². The lowest BCUT2D eigenvalue weighted by atomic mass is 9.76. The second-order valence-corrected chi connectivity index (χ2v) is 16.4. The number of nitrogens with zero attached hydrogens (tertiary/aromatic N) is 4. The Labute approximate surface area is 277 Å². The van der Waals surface area contributed by atoms with E-state index in [0.717, 1.165) is 44.1 Å². The molecule has 1 N–H and O–H groups in total. The van der Waals surface area contributed by atoms with Gasteiger partial charge in [-0.1, -0.05) is 74.2 Å². The van der Waals surface area contributed by atoms with Gasteiger partial charge in [0.1, 0.15) is 5.60 Å². The van der Waals surface area contributed by atoms with Gasteiger partial charge in [0.25, 0.3) is 5.91 Å². The van der Waals surface area contributed by atoms with Crippen LogP contribution in [0.5, 0.6) is 0 Å². The Hall–Kier alpha value is -3.70. The molecule has 10 nitrogen and oxygen atoms in total. The zero-order chi connectivity index (χ0) is 33.4. The van der Waals surface area contributed by atoms with Crippen molar-refractivity contribution in [1.82, 2.24) is 19.4 Å². The molecule has 1 saturated heterocycles. The minimum atomic E-state index is -3.82. The van der Waals surface area contributed by atoms with Gasteiger partial charge in [-0.25, -0.2) is 18.2 Å². The van der Waals surface area contributed by atoms with Crippen LogP contribution in [-0.2, 0) is 14.6 Å². The number of sulfone groups is 1. The van der Waals surface area contributed by atoms with E-state index in [9.17, 15) is 23.1 Å². The lowest BCUT2D eigenvalue weighted by Crippen LogP contribution is -2.59. The maximum atomic E-state index is 14.6. The Morgan fingerprint density at radius 2 is 1.66 bits per heavy atom. The Kier molecular flexibility index (Phi) is 9.24. The van der Waals surface area contributed by atoms with Crippen LogP contribution >= 0.6 is 0 Å². The highest BCUT2D eigenvalue weighted by Crippen LogP contribution is 2.48. The molecule has 3 fully saturated rings. The first-order chi connectivity index (χ1) is 22.3. The molecule has 2 heterocycles. The normalized spacial score (nSPS) is 23.8. The van der Waals surface area contributed by atoms with E-state index in [-0.39, 0.29) is 42.0 Å². The number of benzene rings is 2. The Morgan fingerprint density at radius 3 is 2.32 bits per heavy atom. The van der Waals surface area contributed by atoms with Crippen LogP contribution in [0.2, 0.25) is 0 Å². The lowest BCUT2D eigenvalue weighted by molar-refractivity contribution is -0.0518. The van der Waals surface area contributed by atoms with E-state index in [4.69, 9.17) is 9.72 Å². The highest BCUT2D eigenvalue weighted by atomic mass is 32.2. The highest BCUT2D eigenvalue weighted by Gasteiger charge is 2.46. The van der Waals surface area contributed by atoms with Crippen molar-refractivity contribution in [3.05, 3.63) is 72.7 Å². The lowest BCUT2D eigenvalue weighted by Gasteiger charge is -2.42. The number of aliphatic hydroxyl groups is 1. The second-order valence-electron chi connectivity index (χ2n) is 14.4. The standard InChI is InChI=1S/C36H46N4O6S/c1-35(2,3)46-34(42)38-20-21-39(28(23-38)24-47(44,45)29-14-8-5-9-15-29)33(41)31-32(27-12-6-4-7-13-27)40(25-37-31)30-16-10-11-19-36(30,43)22-26-17-18-26/h4-9,12-15,25-26,28,30,43H,10-11,16-24H2,1-3H3/t28-,30+,36+/m0/s1. The third-order valence-electron chi connectivity index (χ3n) is 9.59. The van der Waals surface area contributed by atoms with Crippen molar-refractivity contribution < 1.29 is 27.9 Å². The number of piperazine rings is 1. The van der Waals surface area contributed by atoms with Crippen LogP contribution in [0.25, 0.3) is 11.3 Å². The molecule has 0 radical (unpaired) electrons. The average Bonchev–Trinajstić information content (AvgIpc) is 3.74. The summed E-state index contributed by atoms with van der Waals surface area (Å²) >= 11 is 0. The van der Waals surface area contributed by atoms with E-state index in [0.29, 0.717) is 18.0 Å². The molecule has 0 spiro atoms. The fraction of sp³-hybridized carbons (Fsp3) is 0.528. The molecule has 3 atom stereocenters. The summed E-state index contributed by atoms with van der Waals surface area (Å²) in [5, 5.41) is 12.0. The highest BCUT2D eigenvalue weighted by molar-refractivity contribution is 7.91. The van der Waals surface area contributed by atoms with E-state index in [1.807, 2.05) is 34.9 Å². The molecule has 2 aliphatic carbocycles. The van der Waals surface area contributed by atoms with Crippen LogP contribution in [0.15, 0.2) is 71.9 Å². The molecule has 6 rings (SSSR count). The van der Waals surface area contributed by atoms with E-state index in [1.54, 1.807) is 50.2 Å². The van der Waals surface area contributed by atoms with Crippen LogP contribution in [0.4, 0.5) is 4.79 Å². The molecule has 2 amide bonds. The van der Waals surface area contributed by atoms with Gasteiger partial charge >= 0.3 is 6.09 Å². The molecular formula is C36H46N4O6S. The fourth-order valence-electron chi connectivity index (χ4n) is 7.17. The molecule has 0 unspecified atom stereocenters. The molecule has 11 heteroatoms. The van der Waals surface area contributed by atoms with Crippen molar-refractivity contribution in [2.45, 2.75) is 93.9 Å². The predicted octanol–water partition coefficient (Wildman–Crippen LogP) is 5.73. The van der Waals surface area contributed by atoms with Crippen molar-refractivity contribution in [3.8, 4) is 11.3 Å². The number of hydrogen-bond acceptors (Lipinski definition) is 7. The number of carbonyl (C=O) groups is 2. The zero-order valence-electron chi connectivity index (χ0n) is 27.5. The van der Waals surface area contributed by atoms with E-state index in [1.165, 1.54) is 17.0 Å². The fourth-order valence-corrected chi connectivity index (χ4v) is 8.72. The van der Waals surface area contributed by atoms with Crippen LogP contribution < -0.4 is 0 Å². The van der Waals surface area contributed by atoms with Gasteiger partial charge in [-0.2, -0.15) is 0 Å². The largest absolute Gasteiger partial charge is 0.444 e. The molecule has 3 aromatic rings. The second kappa shape index (κ2) is 13.1. The maximum absolute atomic E-state index is 14.6. The molecule has 47 heavy (non-hydrogen) atoms. The summed E-state index contributed by atoms with van der Waals surface area (Å²) in [6.07, 6.45) is 7.55. The summed E-state index contributed by atoms with van der Waals surface area (Å²) in [5.41, 5.74) is 0.0102. The van der Waals surface area contributed by atoms with Crippen molar-refractivity contribution >= 4 is 21.8 Å². The average molecular weight is 663 g/mol. The first kappa shape index (κ1) is 33.2. The SMILES string of the molecule is CC(C)(C)OC(=O)N1CCN(C(=O)c2ncn([C@@H]3CCCC[C@@]3(O)CC3CC3)c2-c2ccccc2)[C@H](CS(=O)(=O)c2ccccc2)C1. The van der Waals surface area contributed by atoms with E-state index in [2.05, 4.69) is 0 Å². The topological polar surface area (TPSA) is 122 Å². The molecule has 1 aromatic heterocycles. The number of ether oxygens (including phenoxy) is 1. The van der Waals surface area contributed by atoms with Crippen LogP contribution in [-0.4, -0.2) is 87.5 Å². The summed E-state index contributed by atoms with van der Waals surface area (Å²) in [6, 6.07) is 16.7. The first-order valence-corrected chi connectivity index (χ1v) is 18.4. The summed E-state index contributed by atoms with van der Waals surface area (Å²) in [7, 11) is -3.82. The third kappa shape index (κ3) is 7.41. The van der Waals surface area contributed by atoms with Crippen molar-refractivity contribution in [2.24, 2.45) is 5.92 Å². The summed E-state index contributed by atoms with van der Waals surface area (Å²) in [4.78, 5) is 35.6. The number of rotatable bonds is 8. The van der Waals surface area contributed by atoms with Gasteiger partial charge < -0.3 is 24.2 Å². The molecule has 2 aromatic carbocycles. The van der Waals surface area contributed by atoms with Gasteiger partial charge in [-0.3, -0.25) is 4.79 Å². The van der Waals surface area contributed by atoms with E-state index < -0.39 is 39.1 Å². The third-order valence-corrected chi connectivity index (χ3v) is 11.4. The van der Waals surface area contributed by atoms with Gasteiger partial charge in [0.15, 0.2) is 15.5 Å². The monoisotopic (exact) mass is 662 g/mol. The maximum Gasteiger partial charge on any atom is 0.410 e. The predicted molar refractivity (Wildman–Crippen MR) is 179 cm³/mol. The van der Waals surface area contributed by atoms with Gasteiger partial charge in [-0.15, -0.1) is 0 Å². The quantitative estimate of drug-likeness (QED) is 0.327. The first-order valence-electron chi connectivity index (χ1n) is 16.8. The Morgan fingerprint density at radius 1 is 0.979 bits per heavy atom. The van der Waals surface area contributed by atoms with Crippen molar-refractivity contribution in [3.63, 3.8) is 0 Å². The van der Waals surface area contributed by atoms with Crippen LogP contribution in [0.3, 0.4) is 0 Å². The van der Waals surface area contributed by atoms with Crippen LogP contribution in [0, 0.1) is 5.92 Å². The molecular weight excluding hydrogens is 616 g/mol.